The number of benzene rings is 3. The molecule has 10 heteroatoms. The highest BCUT2D eigenvalue weighted by Gasteiger charge is 2.31. The number of anilines is 1. The average Bonchev–Trinajstić information content (AvgIpc) is 3.63. The molecule has 1 heterocycles. The number of carbonyl (C=O) groups is 3. The van der Waals surface area contributed by atoms with Crippen LogP contribution in [0.5, 0.6) is 0 Å². The van der Waals surface area contributed by atoms with Crippen LogP contribution in [0, 0.1) is 5.82 Å². The first kappa shape index (κ1) is 51.6. The molecule has 3 aromatic carbocycles. The Kier molecular flexibility index (Phi) is 23.1. The van der Waals surface area contributed by atoms with Gasteiger partial charge < -0.3 is 30.3 Å². The first-order chi connectivity index (χ1) is 31.0. The number of amides is 3. The number of nitrogens with zero attached hydrogens (tertiary/aromatic N) is 2. The highest BCUT2D eigenvalue weighted by atomic mass is 19.1. The zero-order valence-corrected chi connectivity index (χ0v) is 39.0. The van der Waals surface area contributed by atoms with Gasteiger partial charge in [-0.3, -0.25) is 14.4 Å². The molecule has 0 fully saturated rings. The Labute approximate surface area is 382 Å². The van der Waals surface area contributed by atoms with Gasteiger partial charge in [0.25, 0.3) is 5.91 Å². The first-order valence-corrected chi connectivity index (χ1v) is 24.0. The number of likely N-dealkylation sites (N-methyl/N-ethyl adjacent to an activating group) is 1. The van der Waals surface area contributed by atoms with Crippen molar-refractivity contribution in [2.75, 3.05) is 25.5 Å². The molecule has 9 nitrogen and oxygen atoms in total. The van der Waals surface area contributed by atoms with Crippen LogP contribution in [-0.2, 0) is 16.1 Å². The minimum absolute atomic E-state index is 0.0289. The van der Waals surface area contributed by atoms with Gasteiger partial charge in [-0.1, -0.05) is 133 Å². The molecule has 4 N–H and O–H groups in total. The molecule has 0 spiro atoms. The molecule has 0 aliphatic rings. The second kappa shape index (κ2) is 28.7. The number of halogens is 1. The van der Waals surface area contributed by atoms with Crippen LogP contribution in [0.15, 0.2) is 97.1 Å². The van der Waals surface area contributed by atoms with Crippen molar-refractivity contribution in [1.29, 1.82) is 0 Å². The summed E-state index contributed by atoms with van der Waals surface area (Å²) >= 11 is 0. The van der Waals surface area contributed by atoms with E-state index in [0.717, 1.165) is 42.6 Å². The van der Waals surface area contributed by atoms with E-state index in [0.29, 0.717) is 35.3 Å². The van der Waals surface area contributed by atoms with Crippen molar-refractivity contribution in [3.8, 4) is 22.4 Å². The number of carbonyl (C=O) groups excluding carboxylic acids is 3. The standard InChI is InChI=1S/C54H75FN4O5/c1-5-6-7-8-9-10-11-12-13-14-15-16-17-18-25-30-49(63)58(4)38-36-56-48(62)40-47(61)39-46(60)35-37-59-52(41(2)3)51(54(64)57-45-28-23-20-24-29-45)50(42-26-21-19-22-27-42)53(59)43-31-33-44(55)34-32-43/h12-13,19-24,26-29,31-34,41,46-47,60-61H,5-11,14-18,25,30,35-40H2,1-4H3,(H,56,62)(H,57,64)/t46-,47-/m1/s1. The third-order valence-electron chi connectivity index (χ3n) is 11.8. The van der Waals surface area contributed by atoms with Gasteiger partial charge in [-0.2, -0.15) is 0 Å². The summed E-state index contributed by atoms with van der Waals surface area (Å²) in [6.07, 6.45) is 18.8. The number of nitrogens with one attached hydrogen (secondary N) is 2. The van der Waals surface area contributed by atoms with Crippen LogP contribution in [-0.4, -0.2) is 69.7 Å². The van der Waals surface area contributed by atoms with Gasteiger partial charge in [0.05, 0.1) is 29.9 Å². The van der Waals surface area contributed by atoms with Crippen molar-refractivity contribution in [2.45, 2.75) is 155 Å². The second-order valence-electron chi connectivity index (χ2n) is 17.5. The summed E-state index contributed by atoms with van der Waals surface area (Å²) in [7, 11) is 1.75. The molecule has 0 unspecified atom stereocenters. The summed E-state index contributed by atoms with van der Waals surface area (Å²) in [4.78, 5) is 41.4. The number of rotatable bonds is 30. The lowest BCUT2D eigenvalue weighted by atomic mass is 9.94. The van der Waals surface area contributed by atoms with Crippen LogP contribution >= 0.6 is 0 Å². The van der Waals surface area contributed by atoms with Crippen molar-refractivity contribution >= 4 is 23.4 Å². The largest absolute Gasteiger partial charge is 0.393 e. The quantitative estimate of drug-likeness (QED) is 0.0307. The number of unbranched alkanes of at least 4 members (excludes halogenated alkanes) is 11. The Hall–Kier alpha value is -5.06. The van der Waals surface area contributed by atoms with Crippen molar-refractivity contribution in [1.82, 2.24) is 14.8 Å². The summed E-state index contributed by atoms with van der Waals surface area (Å²) in [6.45, 7) is 7.21. The minimum atomic E-state index is -1.09. The molecule has 3 amide bonds. The molecule has 1 aromatic heterocycles. The molecule has 0 saturated heterocycles. The predicted octanol–water partition coefficient (Wildman–Crippen LogP) is 11.8. The van der Waals surface area contributed by atoms with Crippen LogP contribution in [0.3, 0.4) is 0 Å². The summed E-state index contributed by atoms with van der Waals surface area (Å²) < 4.78 is 16.3. The third-order valence-corrected chi connectivity index (χ3v) is 11.8. The van der Waals surface area contributed by atoms with E-state index in [9.17, 15) is 29.0 Å². The van der Waals surface area contributed by atoms with Crippen molar-refractivity contribution in [2.24, 2.45) is 0 Å². The van der Waals surface area contributed by atoms with Gasteiger partial charge in [0.1, 0.15) is 5.82 Å². The lowest BCUT2D eigenvalue weighted by Crippen LogP contribution is -2.37. The highest BCUT2D eigenvalue weighted by molar-refractivity contribution is 6.12. The topological polar surface area (TPSA) is 124 Å². The maximum absolute atomic E-state index is 14.3. The molecule has 0 saturated carbocycles. The Morgan fingerprint density at radius 1 is 0.750 bits per heavy atom. The summed E-state index contributed by atoms with van der Waals surface area (Å²) in [5.74, 6) is -1.09. The maximum atomic E-state index is 14.3. The third kappa shape index (κ3) is 17.5. The Morgan fingerprint density at radius 2 is 1.34 bits per heavy atom. The van der Waals surface area contributed by atoms with E-state index in [1.54, 1.807) is 24.1 Å². The maximum Gasteiger partial charge on any atom is 0.258 e. The van der Waals surface area contributed by atoms with Gasteiger partial charge in [-0.05, 0) is 98.4 Å². The van der Waals surface area contributed by atoms with Gasteiger partial charge in [-0.25, -0.2) is 4.39 Å². The molecule has 4 aromatic rings. The molecule has 0 bridgehead atoms. The first-order valence-electron chi connectivity index (χ1n) is 24.0. The molecular formula is C54H75FN4O5. The number of para-hydroxylation sites is 1. The van der Waals surface area contributed by atoms with Gasteiger partial charge in [-0.15, -0.1) is 0 Å². The van der Waals surface area contributed by atoms with Gasteiger partial charge in [0, 0.05) is 50.0 Å². The number of aliphatic hydroxyl groups is 2. The number of aliphatic hydroxyl groups excluding tert-OH is 2. The van der Waals surface area contributed by atoms with E-state index in [4.69, 9.17) is 0 Å². The molecule has 0 radical (unpaired) electrons. The second-order valence-corrected chi connectivity index (χ2v) is 17.5. The van der Waals surface area contributed by atoms with E-state index >= 15 is 0 Å². The molecule has 2 atom stereocenters. The minimum Gasteiger partial charge on any atom is -0.393 e. The molecule has 4 rings (SSSR count). The van der Waals surface area contributed by atoms with E-state index in [-0.39, 0.29) is 61.8 Å². The SMILES string of the molecule is CCCCCCCCC=CCCCCCCCC(=O)N(C)CCNC(=O)C[C@H](O)C[C@H](O)CCn1c(-c2ccc(F)cc2)c(-c2ccccc2)c(C(=O)Nc2ccccc2)c1C(C)C. The molecule has 0 aliphatic carbocycles. The summed E-state index contributed by atoms with van der Waals surface area (Å²) in [6, 6.07) is 25.1. The van der Waals surface area contributed by atoms with Crippen LogP contribution in [0.2, 0.25) is 0 Å². The summed E-state index contributed by atoms with van der Waals surface area (Å²) in [5.41, 5.74) is 4.85. The normalized spacial score (nSPS) is 12.4. The van der Waals surface area contributed by atoms with Crippen molar-refractivity contribution < 1.29 is 29.0 Å². The van der Waals surface area contributed by atoms with E-state index in [1.165, 1.54) is 69.9 Å². The summed E-state index contributed by atoms with van der Waals surface area (Å²) in [5, 5.41) is 28.0. The lowest BCUT2D eigenvalue weighted by molar-refractivity contribution is -0.130. The fourth-order valence-electron chi connectivity index (χ4n) is 8.31. The Balaban J connectivity index is 1.26. The number of allylic oxidation sites excluding steroid dienone is 2. The Morgan fingerprint density at radius 3 is 1.97 bits per heavy atom. The van der Waals surface area contributed by atoms with E-state index < -0.39 is 12.2 Å². The van der Waals surface area contributed by atoms with Gasteiger partial charge in [0.2, 0.25) is 11.8 Å². The van der Waals surface area contributed by atoms with Crippen LogP contribution in [0.1, 0.15) is 152 Å². The molecule has 348 valence electrons. The van der Waals surface area contributed by atoms with Crippen molar-refractivity contribution in [3.05, 3.63) is 114 Å². The fourth-order valence-corrected chi connectivity index (χ4v) is 8.31. The monoisotopic (exact) mass is 879 g/mol. The number of hydrogen-bond donors (Lipinski definition) is 4. The van der Waals surface area contributed by atoms with E-state index in [1.807, 2.05) is 79.1 Å². The van der Waals surface area contributed by atoms with E-state index in [2.05, 4.69) is 29.7 Å². The van der Waals surface area contributed by atoms with Crippen LogP contribution in [0.4, 0.5) is 10.1 Å². The number of hydrogen-bond acceptors (Lipinski definition) is 5. The van der Waals surface area contributed by atoms with Gasteiger partial charge in [0.15, 0.2) is 0 Å². The van der Waals surface area contributed by atoms with Crippen molar-refractivity contribution in [3.63, 3.8) is 0 Å². The molecular weight excluding hydrogens is 804 g/mol. The van der Waals surface area contributed by atoms with Crippen LogP contribution in [0.25, 0.3) is 22.4 Å². The predicted molar refractivity (Wildman–Crippen MR) is 260 cm³/mol. The lowest BCUT2D eigenvalue weighted by Gasteiger charge is -2.21. The van der Waals surface area contributed by atoms with Gasteiger partial charge >= 0.3 is 0 Å². The van der Waals surface area contributed by atoms with Crippen LogP contribution < -0.4 is 10.6 Å². The molecule has 0 aliphatic heterocycles. The average molecular weight is 879 g/mol. The number of aromatic nitrogens is 1. The molecule has 64 heavy (non-hydrogen) atoms. The zero-order valence-electron chi connectivity index (χ0n) is 39.0. The smallest absolute Gasteiger partial charge is 0.258 e. The Bertz CT molecular complexity index is 2000. The zero-order chi connectivity index (χ0) is 46.1. The highest BCUT2D eigenvalue weighted by Crippen LogP contribution is 2.42. The fraction of sp³-hybridized carbons (Fsp3) is 0.500.